The van der Waals surface area contributed by atoms with Crippen LogP contribution in [0.2, 0.25) is 0 Å². The molecule has 0 aliphatic rings. The Morgan fingerprint density at radius 3 is 2.63 bits per heavy atom. The Morgan fingerprint density at radius 1 is 1.32 bits per heavy atom. The van der Waals surface area contributed by atoms with Gasteiger partial charge in [0.15, 0.2) is 0 Å². The summed E-state index contributed by atoms with van der Waals surface area (Å²) < 4.78 is 0. The molecule has 1 heterocycles. The normalized spacial score (nSPS) is 12.8. The number of benzene rings is 1. The van der Waals surface area contributed by atoms with E-state index in [0.29, 0.717) is 0 Å². The van der Waals surface area contributed by atoms with E-state index in [9.17, 15) is 4.79 Å². The first kappa shape index (κ1) is 15.5. The molecule has 1 amide bonds. The summed E-state index contributed by atoms with van der Waals surface area (Å²) in [6.07, 6.45) is 1.87. The summed E-state index contributed by atoms with van der Waals surface area (Å²) in [7, 11) is 0. The highest BCUT2D eigenvalue weighted by atomic mass is 35.5. The van der Waals surface area contributed by atoms with Gasteiger partial charge in [0.1, 0.15) is 0 Å². The first-order valence-corrected chi connectivity index (χ1v) is 6.01. The number of anilines is 1. The maximum absolute atomic E-state index is 12.0. The lowest BCUT2D eigenvalue weighted by molar-refractivity contribution is -0.119. The van der Waals surface area contributed by atoms with Crippen molar-refractivity contribution < 1.29 is 4.79 Å². The van der Waals surface area contributed by atoms with Gasteiger partial charge in [0.25, 0.3) is 0 Å². The molecule has 0 saturated heterocycles. The van der Waals surface area contributed by atoms with Crippen LogP contribution in [0.1, 0.15) is 20.8 Å². The molecule has 104 valence electrons. The Morgan fingerprint density at radius 2 is 2.00 bits per heavy atom. The summed E-state index contributed by atoms with van der Waals surface area (Å²) in [5.41, 5.74) is 7.49. The van der Waals surface area contributed by atoms with Gasteiger partial charge in [-0.2, -0.15) is 0 Å². The van der Waals surface area contributed by atoms with E-state index in [2.05, 4.69) is 10.3 Å². The zero-order chi connectivity index (χ0) is 13.3. The Balaban J connectivity index is 0.00000180. The number of carbonyl (C=O) groups excluding carboxylic acids is 1. The van der Waals surface area contributed by atoms with Gasteiger partial charge < -0.3 is 16.0 Å². The predicted molar refractivity (Wildman–Crippen MR) is 81.6 cm³/mol. The number of hydrogen-bond donors (Lipinski definition) is 3. The SMILES string of the molecule is CC(C)(C)[C@H](N)C(=O)Nc1ccc2[nH]ccc2c1.Cl. The van der Waals surface area contributed by atoms with Crippen LogP contribution < -0.4 is 11.1 Å². The molecule has 2 aromatic rings. The van der Waals surface area contributed by atoms with Gasteiger partial charge in [-0.05, 0) is 29.7 Å². The number of amides is 1. The molecule has 0 fully saturated rings. The largest absolute Gasteiger partial charge is 0.361 e. The van der Waals surface area contributed by atoms with Crippen LogP contribution in [-0.2, 0) is 4.79 Å². The molecule has 4 nitrogen and oxygen atoms in total. The molecule has 1 atom stereocenters. The number of aromatic nitrogens is 1. The van der Waals surface area contributed by atoms with Gasteiger partial charge in [0.05, 0.1) is 6.04 Å². The molecule has 0 bridgehead atoms. The molecule has 0 unspecified atom stereocenters. The Kier molecular flexibility index (Phi) is 4.61. The summed E-state index contributed by atoms with van der Waals surface area (Å²) in [6, 6.07) is 7.17. The van der Waals surface area contributed by atoms with Crippen molar-refractivity contribution in [1.82, 2.24) is 4.98 Å². The van der Waals surface area contributed by atoms with Crippen LogP contribution in [0.3, 0.4) is 0 Å². The minimum atomic E-state index is -0.528. The number of aromatic amines is 1. The molecule has 0 saturated carbocycles. The van der Waals surface area contributed by atoms with E-state index in [1.165, 1.54) is 0 Å². The predicted octanol–water partition coefficient (Wildman–Crippen LogP) is 2.90. The summed E-state index contributed by atoms with van der Waals surface area (Å²) in [6.45, 7) is 5.85. The quantitative estimate of drug-likeness (QED) is 0.792. The van der Waals surface area contributed by atoms with Crippen LogP contribution in [0.5, 0.6) is 0 Å². The molecule has 4 N–H and O–H groups in total. The van der Waals surface area contributed by atoms with E-state index in [1.807, 2.05) is 51.2 Å². The van der Waals surface area contributed by atoms with E-state index < -0.39 is 6.04 Å². The van der Waals surface area contributed by atoms with Crippen LogP contribution >= 0.6 is 12.4 Å². The van der Waals surface area contributed by atoms with Gasteiger partial charge in [-0.25, -0.2) is 0 Å². The Labute approximate surface area is 119 Å². The number of H-pyrrole nitrogens is 1. The van der Waals surface area contributed by atoms with Crippen molar-refractivity contribution in [2.45, 2.75) is 26.8 Å². The minimum Gasteiger partial charge on any atom is -0.361 e. The third-order valence-electron chi connectivity index (χ3n) is 3.04. The second-order valence-electron chi connectivity index (χ2n) is 5.61. The van der Waals surface area contributed by atoms with Gasteiger partial charge in [-0.3, -0.25) is 4.79 Å². The molecular formula is C14H20ClN3O. The maximum Gasteiger partial charge on any atom is 0.241 e. The molecule has 5 heteroatoms. The van der Waals surface area contributed by atoms with Crippen LogP contribution in [0.25, 0.3) is 10.9 Å². The minimum absolute atomic E-state index is 0. The smallest absolute Gasteiger partial charge is 0.241 e. The van der Waals surface area contributed by atoms with Gasteiger partial charge in [0.2, 0.25) is 5.91 Å². The van der Waals surface area contributed by atoms with E-state index >= 15 is 0 Å². The third kappa shape index (κ3) is 3.49. The zero-order valence-electron chi connectivity index (χ0n) is 11.4. The number of hydrogen-bond acceptors (Lipinski definition) is 2. The second kappa shape index (κ2) is 5.63. The topological polar surface area (TPSA) is 70.9 Å². The fourth-order valence-electron chi connectivity index (χ4n) is 1.74. The number of fused-ring (bicyclic) bond motifs is 1. The van der Waals surface area contributed by atoms with Gasteiger partial charge in [-0.15, -0.1) is 12.4 Å². The molecule has 19 heavy (non-hydrogen) atoms. The Hall–Kier alpha value is -1.52. The maximum atomic E-state index is 12.0. The first-order valence-electron chi connectivity index (χ1n) is 6.01. The van der Waals surface area contributed by atoms with Crippen molar-refractivity contribution in [3.8, 4) is 0 Å². The van der Waals surface area contributed by atoms with E-state index in [0.717, 1.165) is 16.6 Å². The van der Waals surface area contributed by atoms with Crippen molar-refractivity contribution in [3.05, 3.63) is 30.5 Å². The molecular weight excluding hydrogens is 262 g/mol. The molecule has 2 rings (SSSR count). The molecule has 0 spiro atoms. The summed E-state index contributed by atoms with van der Waals surface area (Å²) in [5, 5.41) is 3.92. The molecule has 1 aromatic heterocycles. The van der Waals surface area contributed by atoms with E-state index in [1.54, 1.807) is 0 Å². The summed E-state index contributed by atoms with van der Waals surface area (Å²) >= 11 is 0. The lowest BCUT2D eigenvalue weighted by Gasteiger charge is -2.25. The van der Waals surface area contributed by atoms with Crippen LogP contribution in [0, 0.1) is 5.41 Å². The number of nitrogens with two attached hydrogens (primary N) is 1. The molecule has 1 aromatic carbocycles. The first-order chi connectivity index (χ1) is 8.38. The highest BCUT2D eigenvalue weighted by Crippen LogP contribution is 2.21. The summed E-state index contributed by atoms with van der Waals surface area (Å²) in [5.74, 6) is -0.155. The fourth-order valence-corrected chi connectivity index (χ4v) is 1.74. The van der Waals surface area contributed by atoms with Crippen LogP contribution in [0.4, 0.5) is 5.69 Å². The standard InChI is InChI=1S/C14H19N3O.ClH/c1-14(2,3)12(15)13(18)17-10-4-5-11-9(8-10)6-7-16-11;/h4-8,12,16H,15H2,1-3H3,(H,17,18);1H/t12-;/m1./s1. The van der Waals surface area contributed by atoms with E-state index in [4.69, 9.17) is 5.73 Å². The van der Waals surface area contributed by atoms with Crippen LogP contribution in [0.15, 0.2) is 30.5 Å². The number of carbonyl (C=O) groups is 1. The third-order valence-corrected chi connectivity index (χ3v) is 3.04. The lowest BCUT2D eigenvalue weighted by atomic mass is 9.87. The second-order valence-corrected chi connectivity index (χ2v) is 5.61. The highest BCUT2D eigenvalue weighted by molar-refractivity contribution is 5.97. The number of nitrogens with one attached hydrogen (secondary N) is 2. The summed E-state index contributed by atoms with van der Waals surface area (Å²) in [4.78, 5) is 15.1. The van der Waals surface area contributed by atoms with E-state index in [-0.39, 0.29) is 23.7 Å². The zero-order valence-corrected chi connectivity index (χ0v) is 12.2. The molecule has 0 aliphatic carbocycles. The van der Waals surface area contributed by atoms with Crippen molar-refractivity contribution in [1.29, 1.82) is 0 Å². The average Bonchev–Trinajstić information content (AvgIpc) is 2.73. The monoisotopic (exact) mass is 281 g/mol. The van der Waals surface area contributed by atoms with Crippen molar-refractivity contribution in [2.24, 2.45) is 11.1 Å². The van der Waals surface area contributed by atoms with Gasteiger partial charge >= 0.3 is 0 Å². The van der Waals surface area contributed by atoms with Gasteiger partial charge in [-0.1, -0.05) is 20.8 Å². The van der Waals surface area contributed by atoms with Crippen molar-refractivity contribution in [2.75, 3.05) is 5.32 Å². The van der Waals surface area contributed by atoms with Crippen molar-refractivity contribution in [3.63, 3.8) is 0 Å². The van der Waals surface area contributed by atoms with Crippen LogP contribution in [-0.4, -0.2) is 16.9 Å². The highest BCUT2D eigenvalue weighted by Gasteiger charge is 2.27. The number of rotatable bonds is 2. The molecule has 0 radical (unpaired) electrons. The lowest BCUT2D eigenvalue weighted by Crippen LogP contribution is -2.45. The van der Waals surface area contributed by atoms with Gasteiger partial charge in [0, 0.05) is 22.8 Å². The molecule has 0 aliphatic heterocycles. The average molecular weight is 282 g/mol. The Bertz CT molecular complexity index is 571. The number of halogens is 1. The van der Waals surface area contributed by atoms with Crippen molar-refractivity contribution >= 4 is 34.9 Å². The fraction of sp³-hybridized carbons (Fsp3) is 0.357.